The molecule has 2 aromatic rings. The highest BCUT2D eigenvalue weighted by Crippen LogP contribution is 2.52. The molecule has 42 heavy (non-hydrogen) atoms. The molecule has 1 aromatic heterocycles. The maximum Gasteiger partial charge on any atom is 0.408 e. The van der Waals surface area contributed by atoms with Crippen LogP contribution in [0.1, 0.15) is 32.6 Å². The summed E-state index contributed by atoms with van der Waals surface area (Å²) in [5.74, 6) is -1.35. The molecule has 2 saturated heterocycles. The molecule has 1 amide bonds. The van der Waals surface area contributed by atoms with E-state index in [0.717, 1.165) is 22.4 Å². The van der Waals surface area contributed by atoms with Crippen LogP contribution in [0, 0.1) is 5.92 Å². The standard InChI is InChI=1S/C27H34FN3O11/c1-16(2)19(29-23(35)38-12-17-8-6-5-7-9-17)20(34)39-15-31-18(33)10-11-30(24(31)36)22-26(3)21(40-25(37-4)42-26)27(13-28,14-32)41-22/h5-11,16,19,21-22,25,32H,12-15H2,1-4H3,(H,29,35)/t19-,21-,22+,25?,26+,27+/m0/s1. The lowest BCUT2D eigenvalue weighted by Crippen LogP contribution is -2.51. The predicted octanol–water partition coefficient (Wildman–Crippen LogP) is 0.795. The number of aliphatic hydroxyl groups is 1. The van der Waals surface area contributed by atoms with Crippen LogP contribution in [0.25, 0.3) is 0 Å². The summed E-state index contributed by atoms with van der Waals surface area (Å²) in [6.45, 7) is 0.781. The van der Waals surface area contributed by atoms with Crippen LogP contribution in [-0.4, -0.2) is 76.5 Å². The third-order valence-electron chi connectivity index (χ3n) is 7.21. The number of hydrogen-bond acceptors (Lipinski definition) is 11. The zero-order valence-corrected chi connectivity index (χ0v) is 23.6. The van der Waals surface area contributed by atoms with Crippen LogP contribution in [0.3, 0.4) is 0 Å². The fourth-order valence-electron chi connectivity index (χ4n) is 4.92. The molecule has 2 aliphatic heterocycles. The van der Waals surface area contributed by atoms with Crippen molar-refractivity contribution >= 4 is 12.1 Å². The van der Waals surface area contributed by atoms with E-state index in [1.165, 1.54) is 14.0 Å². The van der Waals surface area contributed by atoms with Crippen LogP contribution in [0.15, 0.2) is 52.2 Å². The van der Waals surface area contributed by atoms with E-state index in [1.54, 1.807) is 38.1 Å². The minimum absolute atomic E-state index is 0.0195. The first-order chi connectivity index (χ1) is 20.0. The Labute approximate surface area is 239 Å². The van der Waals surface area contributed by atoms with Crippen LogP contribution >= 0.6 is 0 Å². The summed E-state index contributed by atoms with van der Waals surface area (Å²) in [6, 6.07) is 8.80. The molecule has 1 aromatic carbocycles. The Balaban J connectivity index is 1.50. The number of alkyl halides is 1. The molecule has 230 valence electrons. The molecule has 6 atom stereocenters. The number of aromatic nitrogens is 2. The summed E-state index contributed by atoms with van der Waals surface area (Å²) in [6.07, 6.45) is -2.29. The number of nitrogens with zero attached hydrogens (tertiary/aromatic N) is 2. The Kier molecular flexibility index (Phi) is 9.47. The average Bonchev–Trinajstić information content (AvgIpc) is 3.45. The van der Waals surface area contributed by atoms with Gasteiger partial charge in [0.1, 0.15) is 31.0 Å². The number of nitrogens with one attached hydrogen (secondary N) is 1. The Morgan fingerprint density at radius 2 is 1.86 bits per heavy atom. The minimum atomic E-state index is -1.88. The van der Waals surface area contributed by atoms with E-state index >= 15 is 0 Å². The van der Waals surface area contributed by atoms with Crippen molar-refractivity contribution in [1.82, 2.24) is 14.5 Å². The highest BCUT2D eigenvalue weighted by molar-refractivity contribution is 5.81. The van der Waals surface area contributed by atoms with Gasteiger partial charge in [-0.1, -0.05) is 44.2 Å². The number of alkyl carbamates (subject to hydrolysis) is 1. The van der Waals surface area contributed by atoms with E-state index in [-0.39, 0.29) is 6.61 Å². The van der Waals surface area contributed by atoms with Gasteiger partial charge in [0, 0.05) is 19.4 Å². The Bertz CT molecular complexity index is 1380. The summed E-state index contributed by atoms with van der Waals surface area (Å²) in [7, 11) is 1.30. The third-order valence-corrected chi connectivity index (χ3v) is 7.21. The van der Waals surface area contributed by atoms with Crippen LogP contribution in [0.4, 0.5) is 9.18 Å². The van der Waals surface area contributed by atoms with Crippen LogP contribution in [0.5, 0.6) is 0 Å². The van der Waals surface area contributed by atoms with Gasteiger partial charge in [0.25, 0.3) is 12.0 Å². The number of carbonyl (C=O) groups is 2. The molecule has 3 heterocycles. The zero-order chi connectivity index (χ0) is 30.7. The van der Waals surface area contributed by atoms with E-state index in [1.807, 2.05) is 6.07 Å². The predicted molar refractivity (Wildman–Crippen MR) is 141 cm³/mol. The van der Waals surface area contributed by atoms with Gasteiger partial charge in [0.15, 0.2) is 18.6 Å². The molecule has 14 nitrogen and oxygen atoms in total. The summed E-state index contributed by atoms with van der Waals surface area (Å²) >= 11 is 0. The number of benzene rings is 1. The van der Waals surface area contributed by atoms with Gasteiger partial charge in [-0.3, -0.25) is 9.36 Å². The highest BCUT2D eigenvalue weighted by atomic mass is 19.1. The summed E-state index contributed by atoms with van der Waals surface area (Å²) < 4.78 is 48.5. The van der Waals surface area contributed by atoms with Gasteiger partial charge < -0.3 is 38.8 Å². The molecule has 0 bridgehead atoms. The van der Waals surface area contributed by atoms with Crippen molar-refractivity contribution in [2.75, 3.05) is 20.4 Å². The van der Waals surface area contributed by atoms with Gasteiger partial charge in [-0.2, -0.15) is 0 Å². The molecule has 2 N–H and O–H groups in total. The maximum atomic E-state index is 14.2. The molecule has 2 fully saturated rings. The number of rotatable bonds is 11. The SMILES string of the molecule is COC1O[C@@H]2[C@](CO)(CF)O[C@@H](n3ccc(=O)n(COC(=O)[C@@H](NC(=O)OCc4ccccc4)C(C)C)c3=O)[C@]2(C)O1. The second-order valence-electron chi connectivity index (χ2n) is 10.5. The van der Waals surface area contributed by atoms with Gasteiger partial charge in [0.2, 0.25) is 0 Å². The second kappa shape index (κ2) is 12.7. The first-order valence-electron chi connectivity index (χ1n) is 13.2. The highest BCUT2D eigenvalue weighted by Gasteiger charge is 2.69. The molecule has 2 aliphatic rings. The molecule has 4 rings (SSSR count). The van der Waals surface area contributed by atoms with E-state index in [9.17, 15) is 28.7 Å². The topological polar surface area (TPSA) is 166 Å². The van der Waals surface area contributed by atoms with Crippen molar-refractivity contribution in [3.63, 3.8) is 0 Å². The lowest BCUT2D eigenvalue weighted by Gasteiger charge is -2.28. The monoisotopic (exact) mass is 595 g/mol. The van der Waals surface area contributed by atoms with Crippen molar-refractivity contribution in [3.05, 3.63) is 69.0 Å². The van der Waals surface area contributed by atoms with E-state index in [0.29, 0.717) is 4.57 Å². The number of carbonyl (C=O) groups excluding carboxylic acids is 2. The third kappa shape index (κ3) is 5.96. The van der Waals surface area contributed by atoms with Gasteiger partial charge in [-0.05, 0) is 18.4 Å². The van der Waals surface area contributed by atoms with E-state index < -0.39 is 85.3 Å². The molecule has 0 aliphatic carbocycles. The number of halogens is 1. The molecule has 0 spiro atoms. The quantitative estimate of drug-likeness (QED) is 0.353. The first-order valence-corrected chi connectivity index (χ1v) is 13.2. The molecule has 15 heteroatoms. The Morgan fingerprint density at radius 3 is 2.48 bits per heavy atom. The number of methoxy groups -OCH3 is 1. The van der Waals surface area contributed by atoms with E-state index in [2.05, 4.69) is 5.32 Å². The average molecular weight is 596 g/mol. The molecular formula is C27H34FN3O11. The van der Waals surface area contributed by atoms with Crippen molar-refractivity contribution in [3.8, 4) is 0 Å². The fourth-order valence-corrected chi connectivity index (χ4v) is 4.92. The molecule has 1 unspecified atom stereocenters. The van der Waals surface area contributed by atoms with Crippen LogP contribution in [0.2, 0.25) is 0 Å². The van der Waals surface area contributed by atoms with Crippen molar-refractivity contribution in [1.29, 1.82) is 0 Å². The number of ether oxygens (including phenoxy) is 6. The lowest BCUT2D eigenvalue weighted by molar-refractivity contribution is -0.283. The van der Waals surface area contributed by atoms with Crippen molar-refractivity contribution in [2.45, 2.75) is 70.2 Å². The molecule has 0 saturated carbocycles. The lowest BCUT2D eigenvalue weighted by atomic mass is 9.88. The number of fused-ring (bicyclic) bond motifs is 1. The number of hydrogen-bond donors (Lipinski definition) is 2. The summed E-state index contributed by atoms with van der Waals surface area (Å²) in [5, 5.41) is 12.4. The van der Waals surface area contributed by atoms with E-state index in [4.69, 9.17) is 28.4 Å². The normalized spacial score (nSPS) is 27.5. The molecular weight excluding hydrogens is 561 g/mol. The minimum Gasteiger partial charge on any atom is -0.445 e. The number of amides is 1. The first kappa shape index (κ1) is 31.3. The number of aliphatic hydroxyl groups excluding tert-OH is 1. The van der Waals surface area contributed by atoms with Crippen LogP contribution < -0.4 is 16.6 Å². The van der Waals surface area contributed by atoms with Crippen molar-refractivity contribution < 1.29 is 47.5 Å². The summed E-state index contributed by atoms with van der Waals surface area (Å²) in [5.41, 5.74) is -4.45. The zero-order valence-electron chi connectivity index (χ0n) is 23.6. The second-order valence-corrected chi connectivity index (χ2v) is 10.5. The fraction of sp³-hybridized carbons (Fsp3) is 0.556. The van der Waals surface area contributed by atoms with Crippen LogP contribution in [-0.2, 0) is 46.6 Å². The van der Waals surface area contributed by atoms with Gasteiger partial charge in [-0.15, -0.1) is 0 Å². The largest absolute Gasteiger partial charge is 0.445 e. The van der Waals surface area contributed by atoms with Gasteiger partial charge in [0.05, 0.1) is 6.61 Å². The Morgan fingerprint density at radius 1 is 1.14 bits per heavy atom. The van der Waals surface area contributed by atoms with Gasteiger partial charge >= 0.3 is 17.8 Å². The van der Waals surface area contributed by atoms with Crippen molar-refractivity contribution in [2.24, 2.45) is 5.92 Å². The Hall–Kier alpha value is -3.63. The maximum absolute atomic E-state index is 14.2. The molecule has 0 radical (unpaired) electrons. The smallest absolute Gasteiger partial charge is 0.408 e. The summed E-state index contributed by atoms with van der Waals surface area (Å²) in [4.78, 5) is 51.3. The number of esters is 1. The van der Waals surface area contributed by atoms with Gasteiger partial charge in [-0.25, -0.2) is 23.3 Å².